The summed E-state index contributed by atoms with van der Waals surface area (Å²) in [5.41, 5.74) is 0. The van der Waals surface area contributed by atoms with Gasteiger partial charge in [0, 0.05) is 7.05 Å². The molecule has 108 valence electrons. The van der Waals surface area contributed by atoms with Crippen LogP contribution in [0.5, 0.6) is 12.0 Å². The molecule has 0 saturated carbocycles. The number of nitrogens with zero attached hydrogens (tertiary/aromatic N) is 3. The molecule has 1 heterocycles. The molecule has 1 unspecified atom stereocenters. The SMILES string of the molecule is CCCC(C)COc1nc(NC)nc(OC(C)C)n1. The van der Waals surface area contributed by atoms with Crippen LogP contribution >= 0.6 is 0 Å². The third-order valence-corrected chi connectivity index (χ3v) is 2.44. The van der Waals surface area contributed by atoms with Crippen molar-refractivity contribution in [3.8, 4) is 12.0 Å². The molecular formula is C13H24N4O2. The molecule has 6 heteroatoms. The van der Waals surface area contributed by atoms with E-state index in [-0.39, 0.29) is 12.1 Å². The average Bonchev–Trinajstić information content (AvgIpc) is 2.35. The van der Waals surface area contributed by atoms with Crippen molar-refractivity contribution in [1.29, 1.82) is 0 Å². The van der Waals surface area contributed by atoms with E-state index in [1.807, 2.05) is 13.8 Å². The van der Waals surface area contributed by atoms with Crippen molar-refractivity contribution in [3.05, 3.63) is 0 Å². The number of ether oxygens (including phenoxy) is 2. The maximum absolute atomic E-state index is 5.60. The lowest BCUT2D eigenvalue weighted by molar-refractivity contribution is 0.203. The minimum Gasteiger partial charge on any atom is -0.463 e. The minimum atomic E-state index is 0.0129. The highest BCUT2D eigenvalue weighted by atomic mass is 16.5. The Balaban J connectivity index is 2.70. The summed E-state index contributed by atoms with van der Waals surface area (Å²) in [5.74, 6) is 0.929. The normalized spacial score (nSPS) is 12.3. The Morgan fingerprint density at radius 3 is 2.37 bits per heavy atom. The van der Waals surface area contributed by atoms with Gasteiger partial charge in [-0.1, -0.05) is 20.3 Å². The summed E-state index contributed by atoms with van der Waals surface area (Å²) in [6.45, 7) is 8.75. The molecule has 0 fully saturated rings. The predicted octanol–water partition coefficient (Wildman–Crippen LogP) is 2.52. The second-order valence-corrected chi connectivity index (χ2v) is 4.85. The lowest BCUT2D eigenvalue weighted by atomic mass is 10.1. The fourth-order valence-electron chi connectivity index (χ4n) is 1.57. The van der Waals surface area contributed by atoms with Crippen molar-refractivity contribution in [2.24, 2.45) is 5.92 Å². The molecule has 0 aromatic carbocycles. The fraction of sp³-hybridized carbons (Fsp3) is 0.769. The van der Waals surface area contributed by atoms with Crippen LogP contribution in [0.25, 0.3) is 0 Å². The molecule has 0 saturated heterocycles. The second-order valence-electron chi connectivity index (χ2n) is 4.85. The van der Waals surface area contributed by atoms with Gasteiger partial charge in [-0.15, -0.1) is 4.98 Å². The van der Waals surface area contributed by atoms with Gasteiger partial charge in [0.15, 0.2) is 0 Å². The van der Waals surface area contributed by atoms with Gasteiger partial charge in [0.05, 0.1) is 12.7 Å². The first kappa shape index (κ1) is 15.5. The van der Waals surface area contributed by atoms with Crippen LogP contribution in [-0.4, -0.2) is 34.7 Å². The van der Waals surface area contributed by atoms with E-state index in [9.17, 15) is 0 Å². The number of aromatic nitrogens is 3. The summed E-state index contributed by atoms with van der Waals surface area (Å²) in [6, 6.07) is 0.588. The minimum absolute atomic E-state index is 0.0129. The quantitative estimate of drug-likeness (QED) is 0.781. The Morgan fingerprint density at radius 2 is 1.79 bits per heavy atom. The van der Waals surface area contributed by atoms with Crippen molar-refractivity contribution in [1.82, 2.24) is 15.0 Å². The molecule has 1 aromatic rings. The third-order valence-electron chi connectivity index (χ3n) is 2.44. The smallest absolute Gasteiger partial charge is 0.324 e. The Kier molecular flexibility index (Phi) is 6.32. The molecule has 0 bridgehead atoms. The molecule has 6 nitrogen and oxygen atoms in total. The lowest BCUT2D eigenvalue weighted by Gasteiger charge is -2.13. The van der Waals surface area contributed by atoms with Crippen LogP contribution in [0.4, 0.5) is 5.95 Å². The molecule has 1 aromatic heterocycles. The maximum atomic E-state index is 5.60. The predicted molar refractivity (Wildman–Crippen MR) is 74.7 cm³/mol. The fourth-order valence-corrected chi connectivity index (χ4v) is 1.57. The van der Waals surface area contributed by atoms with Gasteiger partial charge in [0.25, 0.3) is 0 Å². The van der Waals surface area contributed by atoms with Crippen molar-refractivity contribution in [2.45, 2.75) is 46.6 Å². The van der Waals surface area contributed by atoms with Gasteiger partial charge < -0.3 is 14.8 Å². The summed E-state index contributed by atoms with van der Waals surface area (Å²) in [7, 11) is 1.75. The number of rotatable bonds is 8. The van der Waals surface area contributed by atoms with Gasteiger partial charge in [-0.05, 0) is 26.2 Å². The number of hydrogen-bond donors (Lipinski definition) is 1. The van der Waals surface area contributed by atoms with Crippen LogP contribution in [0.2, 0.25) is 0 Å². The van der Waals surface area contributed by atoms with E-state index < -0.39 is 0 Å². The Labute approximate surface area is 115 Å². The molecule has 0 aliphatic rings. The Morgan fingerprint density at radius 1 is 1.11 bits per heavy atom. The van der Waals surface area contributed by atoms with Gasteiger partial charge in [-0.2, -0.15) is 9.97 Å². The van der Waals surface area contributed by atoms with E-state index in [0.29, 0.717) is 24.5 Å². The zero-order valence-corrected chi connectivity index (χ0v) is 12.4. The molecule has 0 aliphatic carbocycles. The molecule has 1 atom stereocenters. The monoisotopic (exact) mass is 268 g/mol. The molecule has 19 heavy (non-hydrogen) atoms. The van der Waals surface area contributed by atoms with Gasteiger partial charge >= 0.3 is 12.0 Å². The van der Waals surface area contributed by atoms with Crippen molar-refractivity contribution in [3.63, 3.8) is 0 Å². The topological polar surface area (TPSA) is 69.2 Å². The van der Waals surface area contributed by atoms with Crippen molar-refractivity contribution >= 4 is 5.95 Å². The van der Waals surface area contributed by atoms with Gasteiger partial charge in [0.1, 0.15) is 0 Å². The Hall–Kier alpha value is -1.59. The number of anilines is 1. The number of nitrogens with one attached hydrogen (secondary N) is 1. The molecule has 0 aliphatic heterocycles. The number of hydrogen-bond acceptors (Lipinski definition) is 6. The zero-order valence-electron chi connectivity index (χ0n) is 12.4. The highest BCUT2D eigenvalue weighted by Crippen LogP contribution is 2.15. The molecule has 1 rings (SSSR count). The van der Waals surface area contributed by atoms with E-state index in [1.165, 1.54) is 0 Å². The molecule has 0 spiro atoms. The first-order valence-corrected chi connectivity index (χ1v) is 6.78. The molecule has 0 amide bonds. The van der Waals surface area contributed by atoms with Crippen LogP contribution in [0.1, 0.15) is 40.5 Å². The first-order chi connectivity index (χ1) is 9.05. The maximum Gasteiger partial charge on any atom is 0.324 e. The zero-order chi connectivity index (χ0) is 14.3. The van der Waals surface area contributed by atoms with Crippen LogP contribution in [-0.2, 0) is 0 Å². The summed E-state index contributed by atoms with van der Waals surface area (Å²) in [6.07, 6.45) is 2.28. The standard InChI is InChI=1S/C13H24N4O2/c1-6-7-10(4)8-18-12-15-11(14-5)16-13(17-12)19-9(2)3/h9-10H,6-8H2,1-5H3,(H,14,15,16,17). The van der Waals surface area contributed by atoms with E-state index in [4.69, 9.17) is 9.47 Å². The second kappa shape index (κ2) is 7.76. The van der Waals surface area contributed by atoms with Crippen molar-refractivity contribution in [2.75, 3.05) is 19.0 Å². The van der Waals surface area contributed by atoms with Crippen LogP contribution in [0.15, 0.2) is 0 Å². The van der Waals surface area contributed by atoms with Crippen LogP contribution in [0.3, 0.4) is 0 Å². The van der Waals surface area contributed by atoms with Crippen LogP contribution < -0.4 is 14.8 Å². The summed E-state index contributed by atoms with van der Waals surface area (Å²) >= 11 is 0. The summed E-state index contributed by atoms with van der Waals surface area (Å²) in [5, 5.41) is 2.87. The van der Waals surface area contributed by atoms with Gasteiger partial charge in [-0.3, -0.25) is 0 Å². The van der Waals surface area contributed by atoms with Gasteiger partial charge in [0.2, 0.25) is 5.95 Å². The molecular weight excluding hydrogens is 244 g/mol. The highest BCUT2D eigenvalue weighted by molar-refractivity contribution is 5.26. The summed E-state index contributed by atoms with van der Waals surface area (Å²) in [4.78, 5) is 12.4. The first-order valence-electron chi connectivity index (χ1n) is 6.78. The highest BCUT2D eigenvalue weighted by Gasteiger charge is 2.10. The van der Waals surface area contributed by atoms with Crippen LogP contribution in [0, 0.1) is 5.92 Å². The molecule has 0 radical (unpaired) electrons. The van der Waals surface area contributed by atoms with E-state index in [1.54, 1.807) is 7.05 Å². The Bertz CT molecular complexity index is 385. The third kappa shape index (κ3) is 5.72. The van der Waals surface area contributed by atoms with E-state index in [0.717, 1.165) is 12.8 Å². The van der Waals surface area contributed by atoms with E-state index in [2.05, 4.69) is 34.1 Å². The average molecular weight is 268 g/mol. The van der Waals surface area contributed by atoms with Crippen molar-refractivity contribution < 1.29 is 9.47 Å². The van der Waals surface area contributed by atoms with Gasteiger partial charge in [-0.25, -0.2) is 0 Å². The summed E-state index contributed by atoms with van der Waals surface area (Å²) < 4.78 is 11.1. The largest absolute Gasteiger partial charge is 0.463 e. The van der Waals surface area contributed by atoms with E-state index >= 15 is 0 Å². The lowest BCUT2D eigenvalue weighted by Crippen LogP contribution is -2.14. The molecule has 1 N–H and O–H groups in total.